The number of halogens is 2. The van der Waals surface area contributed by atoms with Crippen LogP contribution in [-0.4, -0.2) is 47.9 Å². The van der Waals surface area contributed by atoms with Crippen LogP contribution in [0, 0.1) is 5.41 Å². The fraction of sp³-hybridized carbons (Fsp3) is 0.345. The van der Waals surface area contributed by atoms with Crippen molar-refractivity contribution in [1.29, 1.82) is 0 Å². The number of hydrogen-bond donors (Lipinski definition) is 2. The number of carboxylic acids is 1. The number of aliphatic carboxylic acids is 1. The lowest BCUT2D eigenvalue weighted by atomic mass is 9.67. The molecule has 1 aliphatic rings. The number of benzene rings is 2. The minimum absolute atomic E-state index is 0.0503. The smallest absolute Gasteiger partial charge is 0.304 e. The molecule has 2 aromatic carbocycles. The number of aromatic nitrogens is 1. The number of nitrogens with one attached hydrogen (secondary N) is 1. The number of sulfonamides is 1. The normalized spacial score (nSPS) is 22.2. The summed E-state index contributed by atoms with van der Waals surface area (Å²) >= 11 is 12.5. The highest BCUT2D eigenvalue weighted by molar-refractivity contribution is 7.89. The second-order valence-corrected chi connectivity index (χ2v) is 13.0. The Kier molecular flexibility index (Phi) is 9.19. The zero-order valence-corrected chi connectivity index (χ0v) is 24.5. The Morgan fingerprint density at radius 1 is 1.10 bits per heavy atom. The second kappa shape index (κ2) is 12.3. The SMILES string of the molecule is C[C@@H](CCNS(=O)(=O)c1ccccn1)N1C(=O)[C@@](C)(CC(=O)O)C[C@H](c2cccc(Cl)c2)[C@H]1c1ccc(Cl)cc1. The summed E-state index contributed by atoms with van der Waals surface area (Å²) in [5.74, 6) is -1.65. The Balaban J connectivity index is 1.72. The number of pyridine rings is 1. The van der Waals surface area contributed by atoms with Crippen molar-refractivity contribution in [3.8, 4) is 0 Å². The van der Waals surface area contributed by atoms with Crippen molar-refractivity contribution in [3.05, 3.63) is 94.1 Å². The molecule has 11 heteroatoms. The van der Waals surface area contributed by atoms with Gasteiger partial charge < -0.3 is 10.0 Å². The average Bonchev–Trinajstić information content (AvgIpc) is 2.90. The van der Waals surface area contributed by atoms with E-state index in [9.17, 15) is 23.1 Å². The van der Waals surface area contributed by atoms with Crippen molar-refractivity contribution in [3.63, 3.8) is 0 Å². The highest BCUT2D eigenvalue weighted by atomic mass is 35.5. The third-order valence-electron chi connectivity index (χ3n) is 7.37. The van der Waals surface area contributed by atoms with Crippen molar-refractivity contribution in [1.82, 2.24) is 14.6 Å². The molecule has 4 atom stereocenters. The molecule has 40 heavy (non-hydrogen) atoms. The molecule has 3 aromatic rings. The first-order valence-corrected chi connectivity index (χ1v) is 15.1. The number of piperidine rings is 1. The summed E-state index contributed by atoms with van der Waals surface area (Å²) in [6.45, 7) is 3.58. The summed E-state index contributed by atoms with van der Waals surface area (Å²) in [6, 6.07) is 18.3. The van der Waals surface area contributed by atoms with Crippen LogP contribution in [0.15, 0.2) is 78.0 Å². The molecular weight excluding hydrogens is 573 g/mol. The van der Waals surface area contributed by atoms with E-state index in [1.54, 1.807) is 42.2 Å². The van der Waals surface area contributed by atoms with Crippen LogP contribution in [0.25, 0.3) is 0 Å². The maximum absolute atomic E-state index is 14.2. The molecule has 0 saturated carbocycles. The largest absolute Gasteiger partial charge is 0.481 e. The maximum atomic E-state index is 14.2. The van der Waals surface area contributed by atoms with Crippen molar-refractivity contribution in [2.45, 2.75) is 56.1 Å². The molecule has 2 heterocycles. The molecule has 1 fully saturated rings. The predicted octanol–water partition coefficient (Wildman–Crippen LogP) is 5.68. The highest BCUT2D eigenvalue weighted by Gasteiger charge is 2.51. The number of likely N-dealkylation sites (tertiary alicyclic amines) is 1. The fourth-order valence-electron chi connectivity index (χ4n) is 5.48. The Morgan fingerprint density at radius 2 is 1.82 bits per heavy atom. The van der Waals surface area contributed by atoms with E-state index < -0.39 is 33.5 Å². The van der Waals surface area contributed by atoms with Gasteiger partial charge in [0.15, 0.2) is 5.03 Å². The maximum Gasteiger partial charge on any atom is 0.304 e. The van der Waals surface area contributed by atoms with Gasteiger partial charge in [0.2, 0.25) is 5.91 Å². The van der Waals surface area contributed by atoms with E-state index in [1.807, 2.05) is 37.3 Å². The van der Waals surface area contributed by atoms with Crippen molar-refractivity contribution < 1.29 is 23.1 Å². The van der Waals surface area contributed by atoms with Gasteiger partial charge in [0.05, 0.1) is 17.9 Å². The number of carbonyl (C=O) groups excluding carboxylic acids is 1. The quantitative estimate of drug-likeness (QED) is 0.308. The van der Waals surface area contributed by atoms with Gasteiger partial charge in [-0.1, -0.05) is 60.5 Å². The number of nitrogens with zero attached hydrogens (tertiary/aromatic N) is 2. The van der Waals surface area contributed by atoms with Crippen LogP contribution in [-0.2, 0) is 19.6 Å². The number of hydrogen-bond acceptors (Lipinski definition) is 5. The van der Waals surface area contributed by atoms with E-state index in [4.69, 9.17) is 23.2 Å². The number of carboxylic acid groups (broad SMARTS) is 1. The Bertz CT molecular complexity index is 1470. The van der Waals surface area contributed by atoms with E-state index >= 15 is 0 Å². The van der Waals surface area contributed by atoms with Crippen LogP contribution in [0.1, 0.15) is 56.2 Å². The molecule has 8 nitrogen and oxygen atoms in total. The third-order valence-corrected chi connectivity index (χ3v) is 9.24. The molecule has 1 aromatic heterocycles. The number of rotatable bonds is 10. The monoisotopic (exact) mass is 603 g/mol. The van der Waals surface area contributed by atoms with Gasteiger partial charge in [0.1, 0.15) is 0 Å². The van der Waals surface area contributed by atoms with Gasteiger partial charge in [0.25, 0.3) is 10.0 Å². The first-order chi connectivity index (χ1) is 18.9. The van der Waals surface area contributed by atoms with E-state index in [1.165, 1.54) is 12.3 Å². The second-order valence-electron chi connectivity index (χ2n) is 10.4. The Labute approximate surface area is 244 Å². The van der Waals surface area contributed by atoms with Gasteiger partial charge in [-0.2, -0.15) is 0 Å². The Morgan fingerprint density at radius 3 is 2.45 bits per heavy atom. The van der Waals surface area contributed by atoms with Gasteiger partial charge in [-0.05, 0) is 67.3 Å². The van der Waals surface area contributed by atoms with Crippen molar-refractivity contribution in [2.75, 3.05) is 6.54 Å². The van der Waals surface area contributed by atoms with Crippen LogP contribution in [0.5, 0.6) is 0 Å². The molecule has 0 aliphatic carbocycles. The summed E-state index contributed by atoms with van der Waals surface area (Å²) in [6.07, 6.45) is 1.64. The standard InChI is InChI=1S/C29H31Cl2N3O5S/c1-19(13-15-33-40(38,39)25-8-3-4-14-32-25)34-27(20-9-11-22(30)12-10-20)24(21-6-5-7-23(31)16-21)17-29(2,28(34)37)18-26(35)36/h3-12,14,16,19,24,27,33H,13,15,17-18H2,1-2H3,(H,35,36)/t19-,24+,27+,29+/m0/s1. The van der Waals surface area contributed by atoms with Crippen LogP contribution in [0.3, 0.4) is 0 Å². The van der Waals surface area contributed by atoms with Crippen molar-refractivity contribution in [2.24, 2.45) is 5.41 Å². The van der Waals surface area contributed by atoms with Crippen LogP contribution in [0.4, 0.5) is 0 Å². The molecule has 1 aliphatic heterocycles. The van der Waals surface area contributed by atoms with Gasteiger partial charge in [-0.25, -0.2) is 18.1 Å². The average molecular weight is 605 g/mol. The number of amides is 1. The van der Waals surface area contributed by atoms with E-state index in [0.29, 0.717) is 16.5 Å². The fourth-order valence-corrected chi connectivity index (χ4v) is 6.80. The summed E-state index contributed by atoms with van der Waals surface area (Å²) < 4.78 is 28.0. The molecule has 0 radical (unpaired) electrons. The zero-order chi connectivity index (χ0) is 29.1. The first kappa shape index (κ1) is 30.0. The molecule has 0 spiro atoms. The molecule has 212 valence electrons. The third kappa shape index (κ3) is 6.66. The molecule has 1 saturated heterocycles. The summed E-state index contributed by atoms with van der Waals surface area (Å²) in [7, 11) is -3.84. The Hall–Kier alpha value is -2.98. The zero-order valence-electron chi connectivity index (χ0n) is 22.1. The first-order valence-electron chi connectivity index (χ1n) is 12.9. The topological polar surface area (TPSA) is 117 Å². The van der Waals surface area contributed by atoms with E-state index in [0.717, 1.165) is 11.1 Å². The minimum atomic E-state index is -3.84. The molecule has 2 N–H and O–H groups in total. The molecule has 4 rings (SSSR count). The van der Waals surface area contributed by atoms with Crippen LogP contribution in [0.2, 0.25) is 10.0 Å². The molecule has 1 amide bonds. The van der Waals surface area contributed by atoms with Gasteiger partial charge in [-0.15, -0.1) is 0 Å². The summed E-state index contributed by atoms with van der Waals surface area (Å²) in [5.41, 5.74) is 0.523. The van der Waals surface area contributed by atoms with Crippen molar-refractivity contribution >= 4 is 45.1 Å². The van der Waals surface area contributed by atoms with E-state index in [-0.39, 0.29) is 36.2 Å². The van der Waals surface area contributed by atoms with Crippen LogP contribution < -0.4 is 4.72 Å². The molecule has 0 unspecified atom stereocenters. The van der Waals surface area contributed by atoms with Crippen LogP contribution >= 0.6 is 23.2 Å². The minimum Gasteiger partial charge on any atom is -0.481 e. The van der Waals surface area contributed by atoms with E-state index in [2.05, 4.69) is 9.71 Å². The lowest BCUT2D eigenvalue weighted by Gasteiger charge is -2.51. The van der Waals surface area contributed by atoms with Gasteiger partial charge >= 0.3 is 5.97 Å². The lowest BCUT2D eigenvalue weighted by molar-refractivity contribution is -0.160. The summed E-state index contributed by atoms with van der Waals surface area (Å²) in [4.78, 5) is 31.7. The lowest BCUT2D eigenvalue weighted by Crippen LogP contribution is -2.55. The molecular formula is C29H31Cl2N3O5S. The number of carbonyl (C=O) groups is 2. The van der Waals surface area contributed by atoms with Gasteiger partial charge in [-0.3, -0.25) is 9.59 Å². The summed E-state index contributed by atoms with van der Waals surface area (Å²) in [5, 5.41) is 10.7. The highest BCUT2D eigenvalue weighted by Crippen LogP contribution is 2.52. The molecule has 0 bridgehead atoms. The van der Waals surface area contributed by atoms with Gasteiger partial charge in [0, 0.05) is 34.7 Å². The predicted molar refractivity (Wildman–Crippen MR) is 154 cm³/mol.